The van der Waals surface area contributed by atoms with E-state index >= 15 is 0 Å². The number of carboxylic acids is 1. The first-order chi connectivity index (χ1) is 36.4. The van der Waals surface area contributed by atoms with Crippen molar-refractivity contribution in [2.24, 2.45) is 0 Å². The molecule has 2 unspecified atom stereocenters. The number of carbonyl (C=O) groups excluding carboxylic acids is 2. The number of rotatable bonds is 39. The highest BCUT2D eigenvalue weighted by Gasteiger charge is 2.60. The molecular formula is C53H96N2O21. The van der Waals surface area contributed by atoms with E-state index in [1.54, 1.807) is 6.08 Å². The lowest BCUT2D eigenvalue weighted by Crippen LogP contribution is -2.70. The van der Waals surface area contributed by atoms with Crippen molar-refractivity contribution < 1.29 is 104 Å². The van der Waals surface area contributed by atoms with Gasteiger partial charge in [-0.2, -0.15) is 0 Å². The van der Waals surface area contributed by atoms with E-state index in [0.717, 1.165) is 51.9 Å². The highest BCUT2D eigenvalue weighted by Crippen LogP contribution is 2.38. The molecule has 23 heteroatoms. The van der Waals surface area contributed by atoms with E-state index in [2.05, 4.69) is 24.5 Å². The minimum atomic E-state index is -3.08. The summed E-state index contributed by atoms with van der Waals surface area (Å²) in [5.41, 5.74) is 0. The van der Waals surface area contributed by atoms with Crippen LogP contribution in [-0.2, 0) is 42.8 Å². The lowest BCUT2D eigenvalue weighted by atomic mass is 9.88. The van der Waals surface area contributed by atoms with Gasteiger partial charge in [0.15, 0.2) is 12.6 Å². The van der Waals surface area contributed by atoms with E-state index in [1.807, 2.05) is 6.08 Å². The van der Waals surface area contributed by atoms with E-state index in [9.17, 15) is 75.7 Å². The second-order valence-electron chi connectivity index (χ2n) is 20.8. The first-order valence-electron chi connectivity index (χ1n) is 28.1. The molecule has 0 aromatic carbocycles. The Morgan fingerprint density at radius 3 is 1.75 bits per heavy atom. The topological polar surface area (TPSA) is 373 Å². The van der Waals surface area contributed by atoms with Crippen LogP contribution in [0.15, 0.2) is 12.2 Å². The third-order valence-electron chi connectivity index (χ3n) is 14.5. The Balaban J connectivity index is 1.72. The Morgan fingerprint density at radius 2 is 1.22 bits per heavy atom. The van der Waals surface area contributed by atoms with Gasteiger partial charge in [0.2, 0.25) is 11.8 Å². The highest BCUT2D eigenvalue weighted by atomic mass is 16.8. The van der Waals surface area contributed by atoms with Crippen molar-refractivity contribution in [2.75, 3.05) is 26.4 Å². The van der Waals surface area contributed by atoms with E-state index in [1.165, 1.54) is 77.0 Å². The van der Waals surface area contributed by atoms with Gasteiger partial charge < -0.3 is 100 Å². The SMILES string of the molecule is CCCCCCCCCCCCC/C=C/[C@@H](O)[C@H](CO[C@@H]1O[C@H](CO)[C@@H](O[C@@H]2O[C@H](CO)[C@H](O)[C@H](O[C@]3(C(=O)O)C[C@H](O)[C@@H](NC(C)=O)C([C@H](O)[C@H](O)CO)O3)[C@H]2O)[C@H](O)C1O)NC(=O)CCCCCCCCCCC. The zero-order chi connectivity index (χ0) is 56.2. The zero-order valence-electron chi connectivity index (χ0n) is 45.1. The summed E-state index contributed by atoms with van der Waals surface area (Å²) >= 11 is 0. The first-order valence-corrected chi connectivity index (χ1v) is 28.1. The molecule has 3 aliphatic rings. The molecule has 0 radical (unpaired) electrons. The monoisotopic (exact) mass is 1100 g/mol. The van der Waals surface area contributed by atoms with Gasteiger partial charge in [-0.05, 0) is 19.3 Å². The van der Waals surface area contributed by atoms with Gasteiger partial charge in [0.1, 0.15) is 67.1 Å². The van der Waals surface area contributed by atoms with Crippen LogP contribution in [0.5, 0.6) is 0 Å². The van der Waals surface area contributed by atoms with E-state index in [-0.39, 0.29) is 12.3 Å². The zero-order valence-corrected chi connectivity index (χ0v) is 45.1. The Bertz CT molecular complexity index is 1630. The second kappa shape index (κ2) is 36.7. The summed E-state index contributed by atoms with van der Waals surface area (Å²) in [5, 5.41) is 135. The third kappa shape index (κ3) is 21.8. The molecule has 23 nitrogen and oxygen atoms in total. The molecule has 0 saturated carbocycles. The maximum Gasteiger partial charge on any atom is 0.364 e. The number of unbranched alkanes of at least 4 members (excludes halogenated alkanes) is 19. The number of aliphatic hydroxyl groups is 11. The smallest absolute Gasteiger partial charge is 0.364 e. The Hall–Kier alpha value is -2.53. The molecule has 18 atom stereocenters. The summed E-state index contributed by atoms with van der Waals surface area (Å²) in [6, 6.07) is -2.61. The van der Waals surface area contributed by atoms with Gasteiger partial charge in [0, 0.05) is 19.8 Å². The second-order valence-corrected chi connectivity index (χ2v) is 20.8. The Kier molecular flexibility index (Phi) is 32.7. The summed E-state index contributed by atoms with van der Waals surface area (Å²) in [4.78, 5) is 38.2. The predicted octanol–water partition coefficient (Wildman–Crippen LogP) is 0.825. The molecule has 3 aliphatic heterocycles. The number of hydrogen-bond acceptors (Lipinski definition) is 20. The van der Waals surface area contributed by atoms with Crippen LogP contribution < -0.4 is 10.6 Å². The molecule has 0 spiro atoms. The molecule has 0 aliphatic carbocycles. The van der Waals surface area contributed by atoms with Crippen molar-refractivity contribution in [1.29, 1.82) is 0 Å². The molecule has 3 rings (SSSR count). The molecule has 14 N–H and O–H groups in total. The molecule has 444 valence electrons. The van der Waals surface area contributed by atoms with Crippen molar-refractivity contribution in [3.8, 4) is 0 Å². The third-order valence-corrected chi connectivity index (χ3v) is 14.5. The van der Waals surface area contributed by atoms with Gasteiger partial charge >= 0.3 is 5.97 Å². The van der Waals surface area contributed by atoms with Crippen LogP contribution in [0.25, 0.3) is 0 Å². The van der Waals surface area contributed by atoms with Crippen molar-refractivity contribution in [2.45, 2.75) is 278 Å². The molecule has 2 amide bonds. The minimum Gasteiger partial charge on any atom is -0.477 e. The predicted molar refractivity (Wildman–Crippen MR) is 274 cm³/mol. The number of allylic oxidation sites excluding steroid dienone is 1. The fourth-order valence-electron chi connectivity index (χ4n) is 9.88. The molecule has 3 fully saturated rings. The average Bonchev–Trinajstić information content (AvgIpc) is 3.39. The molecule has 3 heterocycles. The van der Waals surface area contributed by atoms with Crippen LogP contribution in [0.1, 0.15) is 168 Å². The maximum atomic E-state index is 13.2. The normalized spacial score (nSPS) is 31.7. The molecule has 0 bridgehead atoms. The molecule has 3 saturated heterocycles. The quantitative estimate of drug-likeness (QED) is 0.0299. The van der Waals surface area contributed by atoms with E-state index in [0.29, 0.717) is 12.8 Å². The number of hydrogen-bond donors (Lipinski definition) is 14. The largest absolute Gasteiger partial charge is 0.477 e. The lowest BCUT2D eigenvalue weighted by molar-refractivity contribution is -0.386. The lowest BCUT2D eigenvalue weighted by Gasteiger charge is -2.50. The van der Waals surface area contributed by atoms with Crippen LogP contribution in [0, 0.1) is 0 Å². The maximum absolute atomic E-state index is 13.2. The van der Waals surface area contributed by atoms with Crippen LogP contribution in [-0.4, -0.2) is 215 Å². The van der Waals surface area contributed by atoms with Gasteiger partial charge in [0.25, 0.3) is 5.79 Å². The van der Waals surface area contributed by atoms with Crippen molar-refractivity contribution in [3.63, 3.8) is 0 Å². The fourth-order valence-corrected chi connectivity index (χ4v) is 9.88. The fraction of sp³-hybridized carbons (Fsp3) is 0.906. The average molecular weight is 1100 g/mol. The summed E-state index contributed by atoms with van der Waals surface area (Å²) in [5.74, 6) is -6.15. The van der Waals surface area contributed by atoms with E-state index in [4.69, 9.17) is 28.4 Å². The van der Waals surface area contributed by atoms with Gasteiger partial charge in [0.05, 0.1) is 50.7 Å². The van der Waals surface area contributed by atoms with Gasteiger partial charge in [-0.25, -0.2) is 4.79 Å². The number of ether oxygens (including phenoxy) is 6. The molecule has 0 aromatic heterocycles. The molecule has 0 aromatic rings. The number of carbonyl (C=O) groups is 3. The van der Waals surface area contributed by atoms with Crippen LogP contribution in [0.3, 0.4) is 0 Å². The summed E-state index contributed by atoms with van der Waals surface area (Å²) in [7, 11) is 0. The summed E-state index contributed by atoms with van der Waals surface area (Å²) in [6.07, 6.45) is -2.53. The Morgan fingerprint density at radius 1 is 0.684 bits per heavy atom. The van der Waals surface area contributed by atoms with Crippen LogP contribution in [0.2, 0.25) is 0 Å². The molecular weight excluding hydrogens is 1000 g/mol. The van der Waals surface area contributed by atoms with Crippen LogP contribution in [0.4, 0.5) is 0 Å². The summed E-state index contributed by atoms with van der Waals surface area (Å²) < 4.78 is 34.5. The van der Waals surface area contributed by atoms with Crippen molar-refractivity contribution >= 4 is 17.8 Å². The van der Waals surface area contributed by atoms with Crippen molar-refractivity contribution in [1.82, 2.24) is 10.6 Å². The number of amides is 2. The highest BCUT2D eigenvalue weighted by molar-refractivity contribution is 5.77. The first kappa shape index (κ1) is 67.7. The van der Waals surface area contributed by atoms with Crippen molar-refractivity contribution in [3.05, 3.63) is 12.2 Å². The summed E-state index contributed by atoms with van der Waals surface area (Å²) in [6.45, 7) is 2.03. The number of aliphatic carboxylic acids is 1. The number of aliphatic hydroxyl groups excluding tert-OH is 11. The van der Waals surface area contributed by atoms with E-state index < -0.39 is 155 Å². The van der Waals surface area contributed by atoms with Crippen LogP contribution >= 0.6 is 0 Å². The Labute approximate surface area is 448 Å². The molecule has 76 heavy (non-hydrogen) atoms. The van der Waals surface area contributed by atoms with Gasteiger partial charge in [-0.15, -0.1) is 0 Å². The van der Waals surface area contributed by atoms with Gasteiger partial charge in [-0.1, -0.05) is 142 Å². The standard InChI is InChI=1S/C53H96N2O21/c1-4-6-8-10-12-14-15-16-17-19-20-22-24-26-35(60)34(55-40(63)27-25-23-21-18-13-11-9-7-5-2)32-71-50-45(67)44(66)47(39(31-58)73-50)74-51-46(68)49(43(65)38(30-57)72-51)76-53(52(69)70)28-36(61)41(54-33(3)59)48(75-53)42(64)37(62)29-56/h24,26,34-39,41-51,56-58,60-62,64-68H,4-23,25,27-32H2,1-3H3,(H,54,59)(H,55,63)(H,69,70)/b26-24+/t34-,35+,36-,37+,38+,39+,41+,42+,43-,44+,45?,46+,47+,48?,49-,50+,51-,53-/m0/s1. The number of nitrogens with one attached hydrogen (secondary N) is 2. The minimum absolute atomic E-state index is 0.202. The van der Waals surface area contributed by atoms with Gasteiger partial charge in [-0.3, -0.25) is 9.59 Å². The number of carboxylic acid groups (broad SMARTS) is 1.